The minimum absolute atomic E-state index is 0.0147. The maximum absolute atomic E-state index is 14.5. The van der Waals surface area contributed by atoms with Crippen LogP contribution in [0.25, 0.3) is 0 Å². The van der Waals surface area contributed by atoms with Crippen LogP contribution in [0.5, 0.6) is 23.0 Å². The lowest BCUT2D eigenvalue weighted by Gasteiger charge is -2.46. The van der Waals surface area contributed by atoms with Crippen LogP contribution in [0.15, 0.2) is 42.5 Å². The number of fused-ring (bicyclic) bond motifs is 1. The van der Waals surface area contributed by atoms with Crippen molar-refractivity contribution in [2.45, 2.75) is 32.2 Å². The summed E-state index contributed by atoms with van der Waals surface area (Å²) >= 11 is 0. The zero-order chi connectivity index (χ0) is 29.0. The predicted octanol–water partition coefficient (Wildman–Crippen LogP) is 4.27. The van der Waals surface area contributed by atoms with Crippen molar-refractivity contribution in [1.82, 2.24) is 10.0 Å². The van der Waals surface area contributed by atoms with Crippen LogP contribution >= 0.6 is 0 Å². The van der Waals surface area contributed by atoms with Gasteiger partial charge >= 0.3 is 12.2 Å². The highest BCUT2D eigenvalue weighted by atomic mass is 16.6. The van der Waals surface area contributed by atoms with Crippen LogP contribution in [-0.4, -0.2) is 75.4 Å². The molecule has 2 aromatic rings. The Hall–Kier alpha value is -4.45. The second-order valence-electron chi connectivity index (χ2n) is 8.63. The van der Waals surface area contributed by atoms with Gasteiger partial charge in [0.15, 0.2) is 11.5 Å². The summed E-state index contributed by atoms with van der Waals surface area (Å²) in [5.74, 6) is 0.447. The summed E-state index contributed by atoms with van der Waals surface area (Å²) in [6.45, 7) is 3.29. The zero-order valence-electron chi connectivity index (χ0n) is 23.2. The molecule has 0 unspecified atom stereocenters. The molecule has 3 aliphatic rings. The van der Waals surface area contributed by atoms with Crippen molar-refractivity contribution in [1.29, 1.82) is 0 Å². The minimum atomic E-state index is -2.10. The van der Waals surface area contributed by atoms with E-state index in [1.807, 2.05) is 12.1 Å². The summed E-state index contributed by atoms with van der Waals surface area (Å²) in [5.41, 5.74) is -0.964. The number of carbonyl (C=O) groups excluding carboxylic acids is 3. The molecule has 40 heavy (non-hydrogen) atoms. The molecular formula is C28H32N2O10. The standard InChI is InChI=1S/C28H32N2O10/c1-7-38-26(32)29-20-13-14-28(37-6,30(29)27(33)39-8-2)25(31)22-19(20)15-21(35-4)23(36-5)24(22)40-16-17-9-11-18(34-3)12-10-17/h9-15,20H,7-8,16H2,1-6H3/t20-,28-/m1/s1. The van der Waals surface area contributed by atoms with E-state index in [4.69, 9.17) is 33.2 Å². The first-order valence-electron chi connectivity index (χ1n) is 12.6. The van der Waals surface area contributed by atoms with E-state index in [0.29, 0.717) is 11.3 Å². The fraction of sp³-hybridized carbons (Fsp3) is 0.393. The van der Waals surface area contributed by atoms with Gasteiger partial charge in [0.25, 0.3) is 0 Å². The predicted molar refractivity (Wildman–Crippen MR) is 141 cm³/mol. The third kappa shape index (κ3) is 4.64. The molecule has 2 bridgehead atoms. The monoisotopic (exact) mass is 556 g/mol. The average molecular weight is 557 g/mol. The smallest absolute Gasteiger partial charge is 0.432 e. The average Bonchev–Trinajstić information content (AvgIpc) is 3.15. The molecule has 2 heterocycles. The molecule has 0 aromatic heterocycles. The molecule has 0 spiro atoms. The highest BCUT2D eigenvalue weighted by Crippen LogP contribution is 2.52. The van der Waals surface area contributed by atoms with Gasteiger partial charge in [0.1, 0.15) is 18.4 Å². The highest BCUT2D eigenvalue weighted by molar-refractivity contribution is 6.10. The third-order valence-electron chi connectivity index (χ3n) is 6.57. The molecule has 2 atom stereocenters. The fourth-order valence-electron chi connectivity index (χ4n) is 4.75. The number of hydrazine groups is 1. The number of hydrogen-bond donors (Lipinski definition) is 0. The van der Waals surface area contributed by atoms with Crippen molar-refractivity contribution < 1.29 is 47.5 Å². The van der Waals surface area contributed by atoms with E-state index in [1.165, 1.54) is 27.4 Å². The van der Waals surface area contributed by atoms with Crippen molar-refractivity contribution in [3.63, 3.8) is 0 Å². The lowest BCUT2D eigenvalue weighted by Crippen LogP contribution is -2.66. The van der Waals surface area contributed by atoms with Crippen LogP contribution in [0.1, 0.15) is 41.4 Å². The van der Waals surface area contributed by atoms with E-state index in [9.17, 15) is 14.4 Å². The Kier molecular flexibility index (Phi) is 8.38. The molecule has 12 heteroatoms. The Labute approximate surface area is 231 Å². The van der Waals surface area contributed by atoms with Gasteiger partial charge in [-0.2, -0.15) is 10.0 Å². The fourth-order valence-corrected chi connectivity index (χ4v) is 4.75. The number of Topliss-reactive ketones (excluding diaryl/α,β-unsaturated/α-hetero) is 1. The SMILES string of the molecule is CCOC(=O)N1[C@@H]2C=C[C@@](OC)(C(=O)c3c2cc(OC)c(OC)c3OCc2ccc(OC)cc2)N1C(=O)OCC. The Bertz CT molecular complexity index is 1310. The van der Waals surface area contributed by atoms with Gasteiger partial charge < -0.3 is 33.2 Å². The molecule has 5 rings (SSSR count). The van der Waals surface area contributed by atoms with Crippen molar-refractivity contribution in [2.75, 3.05) is 41.7 Å². The molecule has 12 nitrogen and oxygen atoms in total. The molecule has 2 aliphatic heterocycles. The van der Waals surface area contributed by atoms with Crippen molar-refractivity contribution in [3.05, 3.63) is 59.2 Å². The molecule has 2 aromatic carbocycles. The Balaban J connectivity index is 1.95. The van der Waals surface area contributed by atoms with Crippen LogP contribution in [0.3, 0.4) is 0 Å². The molecule has 214 valence electrons. The first kappa shape index (κ1) is 28.6. The number of carbonyl (C=O) groups is 3. The van der Waals surface area contributed by atoms with E-state index in [1.54, 1.807) is 45.2 Å². The molecule has 0 saturated heterocycles. The topological polar surface area (TPSA) is 122 Å². The maximum Gasteiger partial charge on any atom is 0.432 e. The highest BCUT2D eigenvalue weighted by Gasteiger charge is 2.59. The second-order valence-corrected chi connectivity index (χ2v) is 8.63. The summed E-state index contributed by atoms with van der Waals surface area (Å²) in [6, 6.07) is 7.78. The number of amides is 2. The van der Waals surface area contributed by atoms with Crippen molar-refractivity contribution in [3.8, 4) is 23.0 Å². The van der Waals surface area contributed by atoms with Gasteiger partial charge in [-0.1, -0.05) is 18.2 Å². The number of benzene rings is 2. The van der Waals surface area contributed by atoms with Crippen molar-refractivity contribution in [2.24, 2.45) is 0 Å². The second kappa shape index (κ2) is 11.7. The third-order valence-corrected chi connectivity index (χ3v) is 6.57. The molecule has 2 amide bonds. The van der Waals surface area contributed by atoms with Gasteiger partial charge in [-0.25, -0.2) is 9.59 Å². The maximum atomic E-state index is 14.5. The molecule has 0 saturated carbocycles. The molecular weight excluding hydrogens is 524 g/mol. The number of hydrogen-bond acceptors (Lipinski definition) is 10. The number of ether oxygens (including phenoxy) is 7. The van der Waals surface area contributed by atoms with Crippen LogP contribution < -0.4 is 18.9 Å². The van der Waals surface area contributed by atoms with Crippen molar-refractivity contribution >= 4 is 18.0 Å². The number of nitrogens with zero attached hydrogens (tertiary/aromatic N) is 2. The number of ketones is 1. The minimum Gasteiger partial charge on any atom is -0.497 e. The van der Waals surface area contributed by atoms with Gasteiger partial charge in [-0.15, -0.1) is 0 Å². The summed E-state index contributed by atoms with van der Waals surface area (Å²) in [4.78, 5) is 41.1. The van der Waals surface area contributed by atoms with Gasteiger partial charge in [0.05, 0.1) is 40.1 Å². The normalized spacial score (nSPS) is 19.1. The zero-order valence-corrected chi connectivity index (χ0v) is 23.2. The largest absolute Gasteiger partial charge is 0.497 e. The molecule has 0 fully saturated rings. The number of rotatable bonds is 9. The summed E-state index contributed by atoms with van der Waals surface area (Å²) in [6.07, 6.45) is 1.13. The van der Waals surface area contributed by atoms with Crippen LogP contribution in [0.2, 0.25) is 0 Å². The van der Waals surface area contributed by atoms with Gasteiger partial charge in [-0.3, -0.25) is 4.79 Å². The molecule has 0 radical (unpaired) electrons. The van der Waals surface area contributed by atoms with Gasteiger partial charge in [-0.05, 0) is 49.2 Å². The lowest BCUT2D eigenvalue weighted by molar-refractivity contribution is -0.158. The van der Waals surface area contributed by atoms with E-state index in [-0.39, 0.29) is 42.6 Å². The van der Waals surface area contributed by atoms with Crippen LogP contribution in [-0.2, 0) is 20.8 Å². The van der Waals surface area contributed by atoms with Crippen LogP contribution in [0.4, 0.5) is 9.59 Å². The summed E-state index contributed by atoms with van der Waals surface area (Å²) in [5, 5.41) is 1.85. The van der Waals surface area contributed by atoms with Gasteiger partial charge in [0, 0.05) is 7.11 Å². The van der Waals surface area contributed by atoms with E-state index >= 15 is 0 Å². The Morgan fingerprint density at radius 3 is 2.15 bits per heavy atom. The first-order chi connectivity index (χ1) is 19.3. The Morgan fingerprint density at radius 1 is 0.900 bits per heavy atom. The van der Waals surface area contributed by atoms with Crippen LogP contribution in [0, 0.1) is 0 Å². The number of methoxy groups -OCH3 is 4. The van der Waals surface area contributed by atoms with E-state index < -0.39 is 29.7 Å². The summed E-state index contributed by atoms with van der Waals surface area (Å²) < 4.78 is 38.9. The molecule has 0 N–H and O–H groups in total. The van der Waals surface area contributed by atoms with E-state index in [2.05, 4.69) is 0 Å². The lowest BCUT2D eigenvalue weighted by atomic mass is 9.95. The summed E-state index contributed by atoms with van der Waals surface area (Å²) in [7, 11) is 5.68. The first-order valence-corrected chi connectivity index (χ1v) is 12.6. The molecule has 1 aliphatic carbocycles. The van der Waals surface area contributed by atoms with E-state index in [0.717, 1.165) is 15.6 Å². The Morgan fingerprint density at radius 2 is 1.57 bits per heavy atom. The quantitative estimate of drug-likeness (QED) is 0.414. The van der Waals surface area contributed by atoms with Gasteiger partial charge in [0.2, 0.25) is 17.3 Å².